The van der Waals surface area contributed by atoms with Gasteiger partial charge in [0.2, 0.25) is 11.7 Å². The largest absolute Gasteiger partial charge is 0.453 e. The molecule has 0 bridgehead atoms. The highest BCUT2D eigenvalue weighted by Gasteiger charge is 2.22. The summed E-state index contributed by atoms with van der Waals surface area (Å²) < 4.78 is 5.88. The lowest BCUT2D eigenvalue weighted by Crippen LogP contribution is -2.34. The standard InChI is InChI=1S/C23H25BrN2O5/c1-14(31-19(27)13-25-21(29)16-6-5-7-17(24)12-16)20(28)15-8-10-18(11-9-15)26-22(30)23(2,3)4/h5-12,14H,13H2,1-4H3,(H,25,29)(H,26,30). The van der Waals surface area contributed by atoms with Crippen molar-refractivity contribution in [2.45, 2.75) is 33.8 Å². The van der Waals surface area contributed by atoms with E-state index in [2.05, 4.69) is 26.6 Å². The topological polar surface area (TPSA) is 102 Å². The minimum absolute atomic E-state index is 0.140. The number of esters is 1. The average molecular weight is 489 g/mol. The summed E-state index contributed by atoms with van der Waals surface area (Å²) in [6.07, 6.45) is -1.02. The highest BCUT2D eigenvalue weighted by atomic mass is 79.9. The predicted octanol–water partition coefficient (Wildman–Crippen LogP) is 3.98. The van der Waals surface area contributed by atoms with Gasteiger partial charge in [0.15, 0.2) is 6.10 Å². The van der Waals surface area contributed by atoms with Crippen molar-refractivity contribution >= 4 is 45.2 Å². The molecule has 1 unspecified atom stereocenters. The molecule has 0 aliphatic heterocycles. The van der Waals surface area contributed by atoms with Crippen LogP contribution in [0.2, 0.25) is 0 Å². The monoisotopic (exact) mass is 488 g/mol. The summed E-state index contributed by atoms with van der Waals surface area (Å²) in [6.45, 7) is 6.51. The van der Waals surface area contributed by atoms with Crippen molar-refractivity contribution in [2.75, 3.05) is 11.9 Å². The fraction of sp³-hybridized carbons (Fsp3) is 0.304. The number of rotatable bonds is 7. The smallest absolute Gasteiger partial charge is 0.326 e. The van der Waals surface area contributed by atoms with Crippen molar-refractivity contribution < 1.29 is 23.9 Å². The van der Waals surface area contributed by atoms with E-state index in [9.17, 15) is 19.2 Å². The lowest BCUT2D eigenvalue weighted by Gasteiger charge is -2.18. The molecule has 0 aliphatic carbocycles. The van der Waals surface area contributed by atoms with Gasteiger partial charge < -0.3 is 15.4 Å². The van der Waals surface area contributed by atoms with E-state index in [0.29, 0.717) is 16.8 Å². The quantitative estimate of drug-likeness (QED) is 0.453. The lowest BCUT2D eigenvalue weighted by atomic mass is 9.95. The number of ether oxygens (including phenoxy) is 1. The first-order valence-corrected chi connectivity index (χ1v) is 10.5. The number of ketones is 1. The number of hydrogen-bond acceptors (Lipinski definition) is 5. The van der Waals surface area contributed by atoms with E-state index in [-0.39, 0.29) is 18.2 Å². The van der Waals surface area contributed by atoms with Gasteiger partial charge in [0, 0.05) is 26.7 Å². The molecule has 0 saturated heterocycles. The van der Waals surface area contributed by atoms with E-state index >= 15 is 0 Å². The fourth-order valence-corrected chi connectivity index (χ4v) is 2.85. The molecule has 2 amide bonds. The van der Waals surface area contributed by atoms with Crippen molar-refractivity contribution in [2.24, 2.45) is 5.41 Å². The number of amides is 2. The van der Waals surface area contributed by atoms with Crippen LogP contribution in [0.4, 0.5) is 5.69 Å². The highest BCUT2D eigenvalue weighted by Crippen LogP contribution is 2.18. The molecule has 1 atom stereocenters. The fourth-order valence-electron chi connectivity index (χ4n) is 2.45. The van der Waals surface area contributed by atoms with Crippen LogP contribution in [0.25, 0.3) is 0 Å². The molecule has 0 saturated carbocycles. The Hall–Kier alpha value is -3.00. The third-order valence-corrected chi connectivity index (χ3v) is 4.76. The second-order valence-corrected chi connectivity index (χ2v) is 8.89. The Bertz CT molecular complexity index is 980. The molecule has 2 N–H and O–H groups in total. The maximum Gasteiger partial charge on any atom is 0.326 e. The summed E-state index contributed by atoms with van der Waals surface area (Å²) in [5, 5.41) is 5.24. The van der Waals surface area contributed by atoms with Crippen molar-refractivity contribution in [1.82, 2.24) is 5.32 Å². The van der Waals surface area contributed by atoms with Gasteiger partial charge in [0.05, 0.1) is 0 Å². The van der Waals surface area contributed by atoms with E-state index in [1.165, 1.54) is 6.92 Å². The van der Waals surface area contributed by atoms with E-state index in [1.807, 2.05) is 0 Å². The Morgan fingerprint density at radius 3 is 2.23 bits per heavy atom. The second-order valence-electron chi connectivity index (χ2n) is 7.97. The number of anilines is 1. The van der Waals surface area contributed by atoms with Crippen LogP contribution in [0.1, 0.15) is 48.4 Å². The van der Waals surface area contributed by atoms with Gasteiger partial charge in [-0.2, -0.15) is 0 Å². The van der Waals surface area contributed by atoms with E-state index < -0.39 is 23.4 Å². The molecule has 7 nitrogen and oxygen atoms in total. The van der Waals surface area contributed by atoms with Crippen molar-refractivity contribution in [1.29, 1.82) is 0 Å². The third-order valence-electron chi connectivity index (χ3n) is 4.27. The number of Topliss-reactive ketones (excluding diaryl/α,β-unsaturated/α-hetero) is 1. The lowest BCUT2D eigenvalue weighted by molar-refractivity contribution is -0.145. The maximum absolute atomic E-state index is 12.5. The molecule has 0 aromatic heterocycles. The molecule has 31 heavy (non-hydrogen) atoms. The van der Waals surface area contributed by atoms with Crippen LogP contribution in [0.5, 0.6) is 0 Å². The molecular formula is C23H25BrN2O5. The van der Waals surface area contributed by atoms with Gasteiger partial charge in [-0.3, -0.25) is 19.2 Å². The van der Waals surface area contributed by atoms with Gasteiger partial charge in [-0.05, 0) is 49.4 Å². The molecule has 8 heteroatoms. The average Bonchev–Trinajstić information content (AvgIpc) is 2.71. The first-order chi connectivity index (χ1) is 14.5. The molecule has 2 aromatic carbocycles. The summed E-state index contributed by atoms with van der Waals surface area (Å²) in [5.74, 6) is -1.68. The van der Waals surface area contributed by atoms with Crippen LogP contribution in [0, 0.1) is 5.41 Å². The normalized spacial score (nSPS) is 11.9. The highest BCUT2D eigenvalue weighted by molar-refractivity contribution is 9.10. The molecule has 0 fully saturated rings. The van der Waals surface area contributed by atoms with E-state index in [4.69, 9.17) is 4.74 Å². The molecule has 2 aromatic rings. The van der Waals surface area contributed by atoms with Crippen molar-refractivity contribution in [3.05, 3.63) is 64.1 Å². The zero-order valence-corrected chi connectivity index (χ0v) is 19.4. The molecule has 0 spiro atoms. The van der Waals surface area contributed by atoms with Crippen LogP contribution in [0.15, 0.2) is 53.0 Å². The number of carbonyl (C=O) groups is 4. The number of carbonyl (C=O) groups excluding carboxylic acids is 4. The molecule has 0 radical (unpaired) electrons. The summed E-state index contributed by atoms with van der Waals surface area (Å²) >= 11 is 3.28. The van der Waals surface area contributed by atoms with E-state index in [1.54, 1.807) is 69.3 Å². The van der Waals surface area contributed by atoms with Gasteiger partial charge in [-0.15, -0.1) is 0 Å². The molecular weight excluding hydrogens is 464 g/mol. The summed E-state index contributed by atoms with van der Waals surface area (Å²) in [7, 11) is 0. The number of halogens is 1. The summed E-state index contributed by atoms with van der Waals surface area (Å²) in [4.78, 5) is 48.6. The Balaban J connectivity index is 1.87. The second kappa shape index (κ2) is 10.3. The molecule has 2 rings (SSSR count). The maximum atomic E-state index is 12.5. The number of nitrogens with one attached hydrogen (secondary N) is 2. The van der Waals surface area contributed by atoms with Gasteiger partial charge >= 0.3 is 5.97 Å². The molecule has 164 valence electrons. The van der Waals surface area contributed by atoms with Gasteiger partial charge in [-0.1, -0.05) is 42.8 Å². The Kier molecular flexibility index (Phi) is 8.10. The van der Waals surface area contributed by atoms with E-state index in [0.717, 1.165) is 4.47 Å². The zero-order chi connectivity index (χ0) is 23.2. The van der Waals surface area contributed by atoms with Gasteiger partial charge in [0.25, 0.3) is 5.91 Å². The van der Waals surface area contributed by atoms with Crippen LogP contribution < -0.4 is 10.6 Å². The van der Waals surface area contributed by atoms with Crippen LogP contribution in [-0.4, -0.2) is 36.2 Å². The predicted molar refractivity (Wildman–Crippen MR) is 121 cm³/mol. The molecule has 0 aliphatic rings. The minimum atomic E-state index is -1.02. The number of benzene rings is 2. The third kappa shape index (κ3) is 7.32. The molecule has 0 heterocycles. The van der Waals surface area contributed by atoms with Crippen LogP contribution in [-0.2, 0) is 14.3 Å². The first-order valence-electron chi connectivity index (χ1n) is 9.66. The van der Waals surface area contributed by atoms with Gasteiger partial charge in [0.1, 0.15) is 6.54 Å². The first kappa shape index (κ1) is 24.3. The summed E-state index contributed by atoms with van der Waals surface area (Å²) in [5.41, 5.74) is 0.762. The van der Waals surface area contributed by atoms with Crippen LogP contribution in [0.3, 0.4) is 0 Å². The van der Waals surface area contributed by atoms with Crippen LogP contribution >= 0.6 is 15.9 Å². The zero-order valence-electron chi connectivity index (χ0n) is 17.8. The minimum Gasteiger partial charge on any atom is -0.453 e. The SMILES string of the molecule is CC(OC(=O)CNC(=O)c1cccc(Br)c1)C(=O)c1ccc(NC(=O)C(C)(C)C)cc1. The Labute approximate surface area is 189 Å². The summed E-state index contributed by atoms with van der Waals surface area (Å²) in [6, 6.07) is 13.1. The Morgan fingerprint density at radius 1 is 1.00 bits per heavy atom. The van der Waals surface area contributed by atoms with Gasteiger partial charge in [-0.25, -0.2) is 0 Å². The van der Waals surface area contributed by atoms with Crippen molar-refractivity contribution in [3.63, 3.8) is 0 Å². The van der Waals surface area contributed by atoms with Crippen molar-refractivity contribution in [3.8, 4) is 0 Å². The number of hydrogen-bond donors (Lipinski definition) is 2. The Morgan fingerprint density at radius 2 is 1.65 bits per heavy atom.